The van der Waals surface area contributed by atoms with Gasteiger partial charge in [0, 0.05) is 18.1 Å². The number of carbonyl (C=O) groups excluding carboxylic acids is 2. The molecule has 9 nitrogen and oxygen atoms in total. The first-order chi connectivity index (χ1) is 16.3. The third kappa shape index (κ3) is 5.41. The van der Waals surface area contributed by atoms with Gasteiger partial charge in [0.1, 0.15) is 11.4 Å². The Hall–Kier alpha value is -4.18. The van der Waals surface area contributed by atoms with Gasteiger partial charge >= 0.3 is 5.97 Å². The van der Waals surface area contributed by atoms with Crippen LogP contribution in [0.4, 0.5) is 5.69 Å². The van der Waals surface area contributed by atoms with Crippen LogP contribution in [0.5, 0.6) is 5.75 Å². The molecule has 0 saturated carbocycles. The molecule has 34 heavy (non-hydrogen) atoms. The van der Waals surface area contributed by atoms with Gasteiger partial charge in [-0.25, -0.2) is 13.2 Å². The van der Waals surface area contributed by atoms with E-state index in [-0.39, 0.29) is 17.1 Å². The Morgan fingerprint density at radius 2 is 1.74 bits per heavy atom. The number of para-hydroxylation sites is 1. The first kappa shape index (κ1) is 24.5. The number of benzene rings is 2. The lowest BCUT2D eigenvalue weighted by atomic mass is 10.1. The van der Waals surface area contributed by atoms with Crippen LogP contribution >= 0.6 is 0 Å². The van der Waals surface area contributed by atoms with Crippen molar-refractivity contribution >= 4 is 27.6 Å². The maximum absolute atomic E-state index is 13.5. The molecule has 0 radical (unpaired) electrons. The molecule has 0 aliphatic heterocycles. The smallest absolute Gasteiger partial charge is 0.354 e. The molecule has 176 valence electrons. The Kier molecular flexibility index (Phi) is 7.64. The minimum Gasteiger partial charge on any atom is -0.497 e. The summed E-state index contributed by atoms with van der Waals surface area (Å²) >= 11 is 0. The maximum Gasteiger partial charge on any atom is 0.354 e. The van der Waals surface area contributed by atoms with Crippen molar-refractivity contribution in [1.29, 1.82) is 0 Å². The minimum atomic E-state index is -4.22. The summed E-state index contributed by atoms with van der Waals surface area (Å²) in [5, 5.41) is 2.76. The number of anilines is 1. The van der Waals surface area contributed by atoms with Crippen LogP contribution in [0.2, 0.25) is 0 Å². The highest BCUT2D eigenvalue weighted by molar-refractivity contribution is 7.89. The summed E-state index contributed by atoms with van der Waals surface area (Å²) in [6.07, 6.45) is 2.96. The predicted octanol–water partition coefficient (Wildman–Crippen LogP) is 3.22. The lowest BCUT2D eigenvalue weighted by Gasteiger charge is -2.26. The standard InChI is InChI=1S/C24H23N3O6S/c1-17(24(29)33-3)27(34(30,31)21-12-10-20(32-2)11-13-21)16-19-7-4-5-9-22(19)26-23(28)18-8-6-14-25-15-18/h4-15H,1,16H2,2-3H3,(H,26,28). The number of amides is 1. The van der Waals surface area contributed by atoms with Crippen LogP contribution in [0.25, 0.3) is 0 Å². The van der Waals surface area contributed by atoms with Gasteiger partial charge in [0.2, 0.25) is 0 Å². The second-order valence-corrected chi connectivity index (χ2v) is 8.84. The van der Waals surface area contributed by atoms with Crippen molar-refractivity contribution in [3.63, 3.8) is 0 Å². The molecular weight excluding hydrogens is 458 g/mol. The predicted molar refractivity (Wildman–Crippen MR) is 126 cm³/mol. The van der Waals surface area contributed by atoms with Crippen molar-refractivity contribution in [1.82, 2.24) is 9.29 Å². The van der Waals surface area contributed by atoms with E-state index < -0.39 is 21.9 Å². The van der Waals surface area contributed by atoms with Crippen molar-refractivity contribution in [2.45, 2.75) is 11.4 Å². The largest absolute Gasteiger partial charge is 0.497 e. The van der Waals surface area contributed by atoms with Crippen LogP contribution in [0.1, 0.15) is 15.9 Å². The van der Waals surface area contributed by atoms with Crippen molar-refractivity contribution < 1.29 is 27.5 Å². The molecule has 1 amide bonds. The first-order valence-corrected chi connectivity index (χ1v) is 11.4. The zero-order valence-corrected chi connectivity index (χ0v) is 19.4. The number of sulfonamides is 1. The van der Waals surface area contributed by atoms with Gasteiger partial charge in [-0.1, -0.05) is 24.8 Å². The van der Waals surface area contributed by atoms with E-state index in [0.717, 1.165) is 11.4 Å². The number of methoxy groups -OCH3 is 2. The summed E-state index contributed by atoms with van der Waals surface area (Å²) in [5.41, 5.74) is 0.747. The minimum absolute atomic E-state index is 0.0739. The quantitative estimate of drug-likeness (QED) is 0.369. The number of rotatable bonds is 9. The van der Waals surface area contributed by atoms with E-state index >= 15 is 0 Å². The van der Waals surface area contributed by atoms with Gasteiger partial charge in [-0.2, -0.15) is 0 Å². The van der Waals surface area contributed by atoms with E-state index in [1.165, 1.54) is 37.6 Å². The van der Waals surface area contributed by atoms with Crippen LogP contribution < -0.4 is 10.1 Å². The van der Waals surface area contributed by atoms with Gasteiger partial charge in [-0.05, 0) is 48.0 Å². The highest BCUT2D eigenvalue weighted by Gasteiger charge is 2.30. The summed E-state index contributed by atoms with van der Waals surface area (Å²) in [6, 6.07) is 15.6. The average Bonchev–Trinajstić information content (AvgIpc) is 2.87. The fourth-order valence-corrected chi connectivity index (χ4v) is 4.45. The average molecular weight is 482 g/mol. The van der Waals surface area contributed by atoms with E-state index in [4.69, 9.17) is 9.47 Å². The molecule has 0 spiro atoms. The van der Waals surface area contributed by atoms with Gasteiger partial charge in [-0.3, -0.25) is 14.1 Å². The van der Waals surface area contributed by atoms with E-state index in [1.807, 2.05) is 0 Å². The van der Waals surface area contributed by atoms with Gasteiger partial charge in [-0.15, -0.1) is 0 Å². The zero-order valence-electron chi connectivity index (χ0n) is 18.6. The highest BCUT2D eigenvalue weighted by Crippen LogP contribution is 2.27. The molecule has 3 rings (SSSR count). The molecule has 0 aliphatic carbocycles. The van der Waals surface area contributed by atoms with Crippen LogP contribution in [0.15, 0.2) is 90.2 Å². The molecular formula is C24H23N3O6S. The Morgan fingerprint density at radius 3 is 2.35 bits per heavy atom. The van der Waals surface area contributed by atoms with E-state index in [1.54, 1.807) is 42.6 Å². The molecule has 0 fully saturated rings. The third-order valence-electron chi connectivity index (χ3n) is 4.87. The van der Waals surface area contributed by atoms with E-state index in [0.29, 0.717) is 22.6 Å². The number of nitrogens with zero attached hydrogens (tertiary/aromatic N) is 2. The second kappa shape index (κ2) is 10.6. The second-order valence-electron chi connectivity index (χ2n) is 6.98. The number of esters is 1. The number of carbonyl (C=O) groups is 2. The number of hydrogen-bond donors (Lipinski definition) is 1. The fraction of sp³-hybridized carbons (Fsp3) is 0.125. The number of hydrogen-bond acceptors (Lipinski definition) is 7. The van der Waals surface area contributed by atoms with E-state index in [9.17, 15) is 18.0 Å². The molecule has 2 aromatic carbocycles. The van der Waals surface area contributed by atoms with Crippen molar-refractivity contribution in [3.8, 4) is 5.75 Å². The van der Waals surface area contributed by atoms with Gasteiger partial charge < -0.3 is 14.8 Å². The molecule has 1 aromatic heterocycles. The summed E-state index contributed by atoms with van der Waals surface area (Å²) < 4.78 is 37.6. The zero-order chi connectivity index (χ0) is 24.7. The SMILES string of the molecule is C=C(C(=O)OC)N(Cc1ccccc1NC(=O)c1cccnc1)S(=O)(=O)c1ccc(OC)cc1. The van der Waals surface area contributed by atoms with Gasteiger partial charge in [0.25, 0.3) is 15.9 Å². The van der Waals surface area contributed by atoms with Crippen LogP contribution in [0, 0.1) is 0 Å². The van der Waals surface area contributed by atoms with Crippen LogP contribution in [-0.2, 0) is 26.1 Å². The number of ether oxygens (including phenoxy) is 2. The van der Waals surface area contributed by atoms with Gasteiger partial charge in [0.05, 0.1) is 31.2 Å². The number of nitrogens with one attached hydrogen (secondary N) is 1. The van der Waals surface area contributed by atoms with Crippen LogP contribution in [-0.4, -0.2) is 43.8 Å². The van der Waals surface area contributed by atoms with Crippen LogP contribution in [0.3, 0.4) is 0 Å². The normalized spacial score (nSPS) is 10.8. The molecule has 10 heteroatoms. The molecule has 0 unspecified atom stereocenters. The van der Waals surface area contributed by atoms with Gasteiger partial charge in [0.15, 0.2) is 0 Å². The first-order valence-electron chi connectivity index (χ1n) is 10.0. The topological polar surface area (TPSA) is 115 Å². The van der Waals surface area contributed by atoms with Crippen molar-refractivity contribution in [2.24, 2.45) is 0 Å². The fourth-order valence-electron chi connectivity index (χ4n) is 3.05. The molecule has 1 N–H and O–H groups in total. The molecule has 0 saturated heterocycles. The van der Waals surface area contributed by atoms with E-state index in [2.05, 4.69) is 16.9 Å². The summed E-state index contributed by atoms with van der Waals surface area (Å²) in [6.45, 7) is 3.35. The summed E-state index contributed by atoms with van der Waals surface area (Å²) in [5.74, 6) is -0.855. The summed E-state index contributed by atoms with van der Waals surface area (Å²) in [7, 11) is -1.62. The molecule has 0 atom stereocenters. The summed E-state index contributed by atoms with van der Waals surface area (Å²) in [4.78, 5) is 28.7. The maximum atomic E-state index is 13.5. The number of aromatic nitrogens is 1. The molecule has 0 aliphatic rings. The Labute approximate surface area is 197 Å². The monoisotopic (exact) mass is 481 g/mol. The lowest BCUT2D eigenvalue weighted by molar-refractivity contribution is -0.137. The third-order valence-corrected chi connectivity index (χ3v) is 6.67. The van der Waals surface area contributed by atoms with Crippen molar-refractivity contribution in [2.75, 3.05) is 19.5 Å². The van der Waals surface area contributed by atoms with Crippen molar-refractivity contribution in [3.05, 3.63) is 96.5 Å². The number of pyridine rings is 1. The molecule has 3 aromatic rings. The Bertz CT molecular complexity index is 1290. The Balaban J connectivity index is 1.98. The molecule has 1 heterocycles. The molecule has 0 bridgehead atoms. The Morgan fingerprint density at radius 1 is 1.03 bits per heavy atom. The lowest BCUT2D eigenvalue weighted by Crippen LogP contribution is -2.33. The highest BCUT2D eigenvalue weighted by atomic mass is 32.2.